The van der Waals surface area contributed by atoms with E-state index >= 15 is 0 Å². The monoisotopic (exact) mass is 534 g/mol. The number of nitrogens with zero attached hydrogens (tertiary/aromatic N) is 3. The number of hydrogen-bond acceptors (Lipinski definition) is 7. The van der Waals surface area contributed by atoms with Gasteiger partial charge < -0.3 is 5.11 Å². The third kappa shape index (κ3) is 6.34. The number of aliphatic hydroxyl groups is 1. The largest absolute Gasteiger partial charge is 0.395 e. The Balaban J connectivity index is 1.57. The molecule has 0 spiro atoms. The summed E-state index contributed by atoms with van der Waals surface area (Å²) in [5, 5.41) is 17.7. The van der Waals surface area contributed by atoms with Crippen molar-refractivity contribution in [3.8, 4) is 11.8 Å². The Bertz CT molecular complexity index is 1290. The van der Waals surface area contributed by atoms with Crippen LogP contribution in [-0.2, 0) is 14.6 Å². The molecule has 2 aliphatic heterocycles. The highest BCUT2D eigenvalue weighted by Gasteiger charge is 2.34. The lowest BCUT2D eigenvalue weighted by molar-refractivity contribution is -0.119. The van der Waals surface area contributed by atoms with E-state index in [4.69, 9.17) is 28.3 Å². The Morgan fingerprint density at radius 2 is 1.86 bits per heavy atom. The number of sulfone groups is 1. The second-order valence-electron chi connectivity index (χ2n) is 8.18. The molecule has 2 aliphatic rings. The van der Waals surface area contributed by atoms with Crippen molar-refractivity contribution in [2.45, 2.75) is 18.9 Å². The molecule has 1 unspecified atom stereocenters. The normalized spacial score (nSPS) is 19.6. The quantitative estimate of drug-likeness (QED) is 0.572. The minimum Gasteiger partial charge on any atom is -0.395 e. The van der Waals surface area contributed by atoms with Crippen molar-refractivity contribution in [2.24, 2.45) is 5.10 Å². The van der Waals surface area contributed by atoms with E-state index in [1.165, 1.54) is 0 Å². The number of carbonyl (C=O) groups excluding carboxylic acids is 1. The first-order chi connectivity index (χ1) is 16.8. The van der Waals surface area contributed by atoms with Crippen LogP contribution in [-0.4, -0.2) is 61.4 Å². The number of halogens is 2. The van der Waals surface area contributed by atoms with Crippen LogP contribution >= 0.6 is 23.2 Å². The summed E-state index contributed by atoms with van der Waals surface area (Å²) in [4.78, 5) is 13.0. The Kier molecular flexibility index (Phi) is 7.99. The fourth-order valence-corrected chi connectivity index (χ4v) is 5.53. The first-order valence-corrected chi connectivity index (χ1v) is 13.6. The molecule has 0 radical (unpaired) electrons. The van der Waals surface area contributed by atoms with Crippen molar-refractivity contribution in [1.29, 1.82) is 0 Å². The average Bonchev–Trinajstić information content (AvgIpc) is 3.26. The van der Waals surface area contributed by atoms with Gasteiger partial charge in [0.05, 0.1) is 34.9 Å². The Hall–Kier alpha value is -2.61. The minimum absolute atomic E-state index is 0.00242. The van der Waals surface area contributed by atoms with E-state index in [9.17, 15) is 13.2 Å². The molecular weight excluding hydrogens is 511 g/mol. The van der Waals surface area contributed by atoms with Crippen molar-refractivity contribution in [3.05, 3.63) is 63.6 Å². The molecule has 0 aromatic heterocycles. The zero-order chi connectivity index (χ0) is 25.0. The van der Waals surface area contributed by atoms with Gasteiger partial charge in [-0.2, -0.15) is 5.10 Å². The minimum atomic E-state index is -3.06. The second kappa shape index (κ2) is 11.0. The van der Waals surface area contributed by atoms with Gasteiger partial charge in [0.1, 0.15) is 5.71 Å². The molecule has 1 saturated heterocycles. The summed E-state index contributed by atoms with van der Waals surface area (Å²) in [5.74, 6) is 5.52. The van der Waals surface area contributed by atoms with Crippen LogP contribution in [0, 0.1) is 11.8 Å². The lowest BCUT2D eigenvalue weighted by Crippen LogP contribution is -2.51. The van der Waals surface area contributed by atoms with E-state index in [2.05, 4.69) is 22.4 Å². The standard InChI is InChI=1S/C24H24Cl2N4O4S/c25-19-8-9-22(20(26)15-19)30-23(18-6-4-17(5-7-18)3-1-2-12-31)16-21(27-30)24(32)28-29-10-13-35(33,34)14-11-29/h4-9,15,23,31H,2,10-14,16H2,(H,28,32). The van der Waals surface area contributed by atoms with E-state index in [0.717, 1.165) is 11.1 Å². The van der Waals surface area contributed by atoms with Crippen LogP contribution in [0.3, 0.4) is 0 Å². The van der Waals surface area contributed by atoms with Crippen molar-refractivity contribution in [1.82, 2.24) is 10.4 Å². The number of hydrazone groups is 1. The molecular formula is C24H24Cl2N4O4S. The summed E-state index contributed by atoms with van der Waals surface area (Å²) < 4.78 is 23.4. The smallest absolute Gasteiger partial charge is 0.281 e. The summed E-state index contributed by atoms with van der Waals surface area (Å²) in [5.41, 5.74) is 5.43. The predicted octanol–water partition coefficient (Wildman–Crippen LogP) is 2.80. The Morgan fingerprint density at radius 1 is 1.14 bits per heavy atom. The summed E-state index contributed by atoms with van der Waals surface area (Å²) in [6.45, 7) is 0.478. The molecule has 0 aliphatic carbocycles. The number of benzene rings is 2. The molecule has 35 heavy (non-hydrogen) atoms. The number of amides is 1. The van der Waals surface area contributed by atoms with Gasteiger partial charge in [0, 0.05) is 36.5 Å². The van der Waals surface area contributed by atoms with Crippen molar-refractivity contribution in [3.63, 3.8) is 0 Å². The fraction of sp³-hybridized carbons (Fsp3) is 0.333. The molecule has 184 valence electrons. The molecule has 11 heteroatoms. The van der Waals surface area contributed by atoms with Crippen molar-refractivity contribution < 1.29 is 18.3 Å². The molecule has 8 nitrogen and oxygen atoms in total. The molecule has 0 bridgehead atoms. The van der Waals surface area contributed by atoms with Crippen LogP contribution in [0.2, 0.25) is 10.0 Å². The van der Waals surface area contributed by atoms with Gasteiger partial charge >= 0.3 is 0 Å². The zero-order valence-corrected chi connectivity index (χ0v) is 21.1. The lowest BCUT2D eigenvalue weighted by Gasteiger charge is -2.26. The number of anilines is 1. The van der Waals surface area contributed by atoms with Crippen LogP contribution < -0.4 is 10.4 Å². The summed E-state index contributed by atoms with van der Waals surface area (Å²) in [6, 6.07) is 12.4. The number of carbonyl (C=O) groups is 1. The van der Waals surface area contributed by atoms with Crippen LogP contribution in [0.25, 0.3) is 0 Å². The van der Waals surface area contributed by atoms with E-state index in [-0.39, 0.29) is 43.2 Å². The molecule has 1 amide bonds. The van der Waals surface area contributed by atoms with Crippen LogP contribution in [0.1, 0.15) is 30.0 Å². The van der Waals surface area contributed by atoms with Crippen LogP contribution in [0.4, 0.5) is 5.69 Å². The van der Waals surface area contributed by atoms with E-state index < -0.39 is 9.84 Å². The summed E-state index contributed by atoms with van der Waals surface area (Å²) in [6.07, 6.45) is 0.731. The molecule has 1 atom stereocenters. The predicted molar refractivity (Wildman–Crippen MR) is 137 cm³/mol. The summed E-state index contributed by atoms with van der Waals surface area (Å²) >= 11 is 12.5. The maximum Gasteiger partial charge on any atom is 0.281 e. The Labute approximate surface area is 214 Å². The van der Waals surface area contributed by atoms with E-state index in [1.54, 1.807) is 28.2 Å². The second-order valence-corrected chi connectivity index (χ2v) is 11.3. The first kappa shape index (κ1) is 25.5. The van der Waals surface area contributed by atoms with Gasteiger partial charge in [-0.15, -0.1) is 0 Å². The van der Waals surface area contributed by atoms with Crippen molar-refractivity contribution >= 4 is 50.3 Å². The van der Waals surface area contributed by atoms with Gasteiger partial charge in [0.15, 0.2) is 9.84 Å². The van der Waals surface area contributed by atoms with Gasteiger partial charge in [-0.05, 0) is 35.9 Å². The van der Waals surface area contributed by atoms with E-state index in [1.807, 2.05) is 24.3 Å². The van der Waals surface area contributed by atoms with Gasteiger partial charge in [-0.1, -0.05) is 47.2 Å². The molecule has 1 fully saturated rings. The SMILES string of the molecule is O=C(NN1CCS(=O)(=O)CC1)C1=NN(c2ccc(Cl)cc2Cl)C(c2ccc(C#CCCO)cc2)C1. The molecule has 4 rings (SSSR count). The summed E-state index contributed by atoms with van der Waals surface area (Å²) in [7, 11) is -3.06. The number of nitrogens with one attached hydrogen (secondary N) is 1. The maximum absolute atomic E-state index is 13.0. The topological polar surface area (TPSA) is 102 Å². The highest BCUT2D eigenvalue weighted by atomic mass is 35.5. The van der Waals surface area contributed by atoms with Gasteiger partial charge in [-0.25, -0.2) is 13.4 Å². The maximum atomic E-state index is 13.0. The molecule has 2 aromatic rings. The molecule has 2 heterocycles. The van der Waals surface area contributed by atoms with E-state index in [0.29, 0.717) is 34.3 Å². The number of aliphatic hydroxyl groups excluding tert-OH is 1. The number of hydrazine groups is 1. The third-order valence-corrected chi connectivity index (χ3v) is 7.85. The average molecular weight is 535 g/mol. The molecule has 2 N–H and O–H groups in total. The van der Waals surface area contributed by atoms with Gasteiger partial charge in [-0.3, -0.25) is 15.2 Å². The Morgan fingerprint density at radius 3 is 2.51 bits per heavy atom. The zero-order valence-electron chi connectivity index (χ0n) is 18.7. The highest BCUT2D eigenvalue weighted by molar-refractivity contribution is 7.91. The number of hydrogen-bond donors (Lipinski definition) is 2. The van der Waals surface area contributed by atoms with Gasteiger partial charge in [0.2, 0.25) is 0 Å². The molecule has 0 saturated carbocycles. The first-order valence-electron chi connectivity index (χ1n) is 11.0. The van der Waals surface area contributed by atoms with Crippen molar-refractivity contribution in [2.75, 3.05) is 36.2 Å². The third-order valence-electron chi connectivity index (χ3n) is 5.70. The number of rotatable bonds is 5. The molecule has 2 aromatic carbocycles. The highest BCUT2D eigenvalue weighted by Crippen LogP contribution is 2.39. The lowest BCUT2D eigenvalue weighted by atomic mass is 10.00. The van der Waals surface area contributed by atoms with Crippen LogP contribution in [0.15, 0.2) is 47.6 Å². The van der Waals surface area contributed by atoms with Gasteiger partial charge in [0.25, 0.3) is 5.91 Å². The fourth-order valence-electron chi connectivity index (χ4n) is 3.84. The van der Waals surface area contributed by atoms with Crippen LogP contribution in [0.5, 0.6) is 0 Å².